The third-order valence-corrected chi connectivity index (χ3v) is 3.25. The van der Waals surface area contributed by atoms with Crippen LogP contribution in [0.4, 0.5) is 0 Å². The molecular weight excluding hydrogens is 194 g/mol. The molecule has 0 aliphatic carbocycles. The van der Waals surface area contributed by atoms with Crippen molar-refractivity contribution in [3.05, 3.63) is 35.4 Å². The Morgan fingerprint density at radius 2 is 1.94 bits per heavy atom. The minimum absolute atomic E-state index is 0.683. The van der Waals surface area contributed by atoms with Gasteiger partial charge >= 0.3 is 0 Å². The number of hydrogen-bond donors (Lipinski definition) is 0. The van der Waals surface area contributed by atoms with Crippen LogP contribution in [0.2, 0.25) is 0 Å². The van der Waals surface area contributed by atoms with Crippen LogP contribution in [-0.2, 0) is 0 Å². The second-order valence-corrected chi connectivity index (χ2v) is 5.17. The molecule has 0 bridgehead atoms. The quantitative estimate of drug-likeness (QED) is 0.730. The van der Waals surface area contributed by atoms with Gasteiger partial charge in [0.15, 0.2) is 0 Å². The maximum Gasteiger partial charge on any atom is 0.000676 e. The van der Waals surface area contributed by atoms with E-state index >= 15 is 0 Å². The molecule has 1 nitrogen and oxygen atoms in total. The first-order valence-electron chi connectivity index (χ1n) is 6.25. The summed E-state index contributed by atoms with van der Waals surface area (Å²) in [7, 11) is 4.30. The second kappa shape index (κ2) is 6.05. The maximum absolute atomic E-state index is 2.36. The van der Waals surface area contributed by atoms with Crippen molar-refractivity contribution >= 4 is 0 Å². The lowest BCUT2D eigenvalue weighted by atomic mass is 9.84. The predicted octanol–water partition coefficient (Wildman–Crippen LogP) is 3.69. The van der Waals surface area contributed by atoms with Crippen molar-refractivity contribution in [3.63, 3.8) is 0 Å². The van der Waals surface area contributed by atoms with Crippen LogP contribution in [-0.4, -0.2) is 25.5 Å². The largest absolute Gasteiger partial charge is 0.309 e. The molecule has 0 radical (unpaired) electrons. The lowest BCUT2D eigenvalue weighted by Crippen LogP contribution is -2.24. The molecule has 1 rings (SSSR count). The molecule has 1 heteroatoms. The van der Waals surface area contributed by atoms with Gasteiger partial charge in [-0.1, -0.05) is 43.7 Å². The van der Waals surface area contributed by atoms with E-state index in [0.29, 0.717) is 11.8 Å². The summed E-state index contributed by atoms with van der Waals surface area (Å²) in [5.41, 5.74) is 2.87. The minimum Gasteiger partial charge on any atom is -0.309 e. The Morgan fingerprint density at radius 1 is 1.25 bits per heavy atom. The molecule has 0 aliphatic rings. The van der Waals surface area contributed by atoms with E-state index in [4.69, 9.17) is 0 Å². The smallest absolute Gasteiger partial charge is 0.000676 e. The Balaban J connectivity index is 2.81. The summed E-state index contributed by atoms with van der Waals surface area (Å²) in [6.07, 6.45) is 1.22. The molecule has 0 amide bonds. The third-order valence-electron chi connectivity index (χ3n) is 3.25. The first kappa shape index (κ1) is 13.2. The van der Waals surface area contributed by atoms with Crippen molar-refractivity contribution in [3.8, 4) is 0 Å². The van der Waals surface area contributed by atoms with Gasteiger partial charge in [0.1, 0.15) is 0 Å². The first-order chi connectivity index (χ1) is 7.54. The number of nitrogens with zero attached hydrogens (tertiary/aromatic N) is 1. The van der Waals surface area contributed by atoms with Gasteiger partial charge in [-0.3, -0.25) is 0 Å². The Labute approximate surface area is 100 Å². The van der Waals surface area contributed by atoms with Gasteiger partial charge in [0.2, 0.25) is 0 Å². The molecule has 0 saturated carbocycles. The standard InChI is InChI=1S/C15H25N/c1-6-15(13(3)11-16(4)5)14-9-7-8-12(2)10-14/h7-10,13,15H,6,11H2,1-5H3/t13-,15?/m0/s1. The van der Waals surface area contributed by atoms with Gasteiger partial charge in [0.05, 0.1) is 0 Å². The average Bonchev–Trinajstić information content (AvgIpc) is 2.17. The summed E-state index contributed by atoms with van der Waals surface area (Å²) in [6, 6.07) is 8.95. The summed E-state index contributed by atoms with van der Waals surface area (Å²) in [4.78, 5) is 2.28. The van der Waals surface area contributed by atoms with Crippen LogP contribution in [0, 0.1) is 12.8 Å². The highest BCUT2D eigenvalue weighted by atomic mass is 15.1. The molecule has 1 unspecified atom stereocenters. The van der Waals surface area contributed by atoms with Gasteiger partial charge in [0.25, 0.3) is 0 Å². The molecule has 0 saturated heterocycles. The Kier molecular flexibility index (Phi) is 5.01. The molecule has 2 atom stereocenters. The topological polar surface area (TPSA) is 3.24 Å². The van der Waals surface area contributed by atoms with Crippen molar-refractivity contribution in [1.82, 2.24) is 4.90 Å². The molecule has 1 aromatic carbocycles. The van der Waals surface area contributed by atoms with E-state index in [2.05, 4.69) is 64.0 Å². The van der Waals surface area contributed by atoms with Gasteiger partial charge in [0, 0.05) is 6.54 Å². The van der Waals surface area contributed by atoms with Gasteiger partial charge in [-0.2, -0.15) is 0 Å². The van der Waals surface area contributed by atoms with E-state index in [1.54, 1.807) is 0 Å². The predicted molar refractivity (Wildman–Crippen MR) is 71.9 cm³/mol. The highest BCUT2D eigenvalue weighted by Gasteiger charge is 2.17. The Morgan fingerprint density at radius 3 is 2.44 bits per heavy atom. The Bertz CT molecular complexity index is 317. The van der Waals surface area contributed by atoms with Crippen LogP contribution >= 0.6 is 0 Å². The average molecular weight is 219 g/mol. The zero-order valence-electron chi connectivity index (χ0n) is 11.3. The normalized spacial score (nSPS) is 15.1. The monoisotopic (exact) mass is 219 g/mol. The van der Waals surface area contributed by atoms with Crippen LogP contribution < -0.4 is 0 Å². The van der Waals surface area contributed by atoms with Crippen molar-refractivity contribution in [2.75, 3.05) is 20.6 Å². The molecule has 0 aliphatic heterocycles. The lowest BCUT2D eigenvalue weighted by Gasteiger charge is -2.26. The fourth-order valence-electron chi connectivity index (χ4n) is 2.57. The second-order valence-electron chi connectivity index (χ2n) is 5.17. The van der Waals surface area contributed by atoms with Gasteiger partial charge in [-0.05, 0) is 44.8 Å². The molecule has 90 valence electrons. The summed E-state index contributed by atoms with van der Waals surface area (Å²) in [5.74, 6) is 1.39. The third kappa shape index (κ3) is 3.64. The molecule has 0 fully saturated rings. The molecule has 0 spiro atoms. The maximum atomic E-state index is 2.36. The fourth-order valence-corrected chi connectivity index (χ4v) is 2.57. The highest BCUT2D eigenvalue weighted by molar-refractivity contribution is 5.25. The summed E-state index contributed by atoms with van der Waals surface area (Å²) < 4.78 is 0. The zero-order valence-corrected chi connectivity index (χ0v) is 11.3. The van der Waals surface area contributed by atoms with Gasteiger partial charge in [-0.25, -0.2) is 0 Å². The number of hydrogen-bond acceptors (Lipinski definition) is 1. The highest BCUT2D eigenvalue weighted by Crippen LogP contribution is 2.28. The Hall–Kier alpha value is -0.820. The van der Waals surface area contributed by atoms with Crippen molar-refractivity contribution in [1.29, 1.82) is 0 Å². The van der Waals surface area contributed by atoms with Gasteiger partial charge in [-0.15, -0.1) is 0 Å². The number of benzene rings is 1. The van der Waals surface area contributed by atoms with E-state index in [1.165, 1.54) is 17.5 Å². The zero-order chi connectivity index (χ0) is 12.1. The van der Waals surface area contributed by atoms with E-state index in [1.807, 2.05) is 0 Å². The molecule has 0 aromatic heterocycles. The molecular formula is C15H25N. The molecule has 0 N–H and O–H groups in total. The SMILES string of the molecule is CCC(c1cccc(C)c1)[C@@H](C)CN(C)C. The summed E-state index contributed by atoms with van der Waals surface area (Å²) >= 11 is 0. The van der Waals surface area contributed by atoms with Crippen molar-refractivity contribution in [2.24, 2.45) is 5.92 Å². The van der Waals surface area contributed by atoms with E-state index in [9.17, 15) is 0 Å². The van der Waals surface area contributed by atoms with Crippen LogP contribution in [0.5, 0.6) is 0 Å². The van der Waals surface area contributed by atoms with E-state index in [-0.39, 0.29) is 0 Å². The summed E-state index contributed by atoms with van der Waals surface area (Å²) in [5, 5.41) is 0. The van der Waals surface area contributed by atoms with Crippen molar-refractivity contribution < 1.29 is 0 Å². The number of rotatable bonds is 5. The minimum atomic E-state index is 0.683. The van der Waals surface area contributed by atoms with E-state index in [0.717, 1.165) is 6.54 Å². The van der Waals surface area contributed by atoms with Crippen LogP contribution in [0.15, 0.2) is 24.3 Å². The fraction of sp³-hybridized carbons (Fsp3) is 0.600. The van der Waals surface area contributed by atoms with Crippen LogP contribution in [0.3, 0.4) is 0 Å². The molecule has 1 aromatic rings. The molecule has 16 heavy (non-hydrogen) atoms. The number of aryl methyl sites for hydroxylation is 1. The van der Waals surface area contributed by atoms with Crippen molar-refractivity contribution in [2.45, 2.75) is 33.1 Å². The summed E-state index contributed by atoms with van der Waals surface area (Å²) in [6.45, 7) is 7.98. The first-order valence-corrected chi connectivity index (χ1v) is 6.25. The van der Waals surface area contributed by atoms with Gasteiger partial charge < -0.3 is 4.90 Å². The van der Waals surface area contributed by atoms with Crippen LogP contribution in [0.25, 0.3) is 0 Å². The lowest BCUT2D eigenvalue weighted by molar-refractivity contribution is 0.301. The molecule has 0 heterocycles. The van der Waals surface area contributed by atoms with Crippen LogP contribution in [0.1, 0.15) is 37.3 Å². The van der Waals surface area contributed by atoms with E-state index < -0.39 is 0 Å².